The number of rotatable bonds is 4. The van der Waals surface area contributed by atoms with E-state index in [1.807, 2.05) is 13.8 Å². The smallest absolute Gasteiger partial charge is 0.317 e. The summed E-state index contributed by atoms with van der Waals surface area (Å²) in [6, 6.07) is 4.12. The van der Waals surface area contributed by atoms with Crippen molar-refractivity contribution in [2.24, 2.45) is 0 Å². The van der Waals surface area contributed by atoms with E-state index in [0.29, 0.717) is 37.5 Å². The predicted octanol–water partition coefficient (Wildman–Crippen LogP) is 1.64. The number of carbonyl (C=O) groups excluding carboxylic acids is 2. The highest BCUT2D eigenvalue weighted by Crippen LogP contribution is 2.20. The zero-order chi connectivity index (χ0) is 17.7. The van der Waals surface area contributed by atoms with Gasteiger partial charge in [0.25, 0.3) is 0 Å². The van der Waals surface area contributed by atoms with Crippen molar-refractivity contribution in [3.05, 3.63) is 29.6 Å². The van der Waals surface area contributed by atoms with Gasteiger partial charge in [0, 0.05) is 37.8 Å². The quantitative estimate of drug-likeness (QED) is 0.908. The monoisotopic (exact) mass is 337 g/mol. The van der Waals surface area contributed by atoms with Gasteiger partial charge in [-0.1, -0.05) is 0 Å². The van der Waals surface area contributed by atoms with Crippen LogP contribution in [-0.4, -0.2) is 61.1 Å². The minimum Gasteiger partial charge on any atom is -0.496 e. The van der Waals surface area contributed by atoms with Gasteiger partial charge in [-0.25, -0.2) is 9.18 Å². The van der Waals surface area contributed by atoms with Crippen LogP contribution in [0.2, 0.25) is 0 Å². The van der Waals surface area contributed by atoms with E-state index in [0.717, 1.165) is 0 Å². The van der Waals surface area contributed by atoms with Crippen LogP contribution in [0.25, 0.3) is 0 Å². The van der Waals surface area contributed by atoms with Crippen molar-refractivity contribution in [2.75, 3.05) is 33.3 Å². The number of amides is 3. The molecule has 0 atom stereocenters. The summed E-state index contributed by atoms with van der Waals surface area (Å²) in [6.45, 7) is 5.74. The molecule has 3 amide bonds. The molecule has 0 radical (unpaired) electrons. The van der Waals surface area contributed by atoms with E-state index in [2.05, 4.69) is 5.32 Å². The maximum Gasteiger partial charge on any atom is 0.317 e. The molecule has 1 aliphatic rings. The van der Waals surface area contributed by atoms with E-state index < -0.39 is 5.82 Å². The van der Waals surface area contributed by atoms with Crippen molar-refractivity contribution in [3.63, 3.8) is 0 Å². The van der Waals surface area contributed by atoms with E-state index in [-0.39, 0.29) is 24.4 Å². The molecule has 1 saturated heterocycles. The lowest BCUT2D eigenvalue weighted by molar-refractivity contribution is -0.131. The Hall–Kier alpha value is -2.31. The topological polar surface area (TPSA) is 61.9 Å². The van der Waals surface area contributed by atoms with Crippen molar-refractivity contribution in [3.8, 4) is 5.75 Å². The first-order valence-electron chi connectivity index (χ1n) is 8.06. The van der Waals surface area contributed by atoms with Gasteiger partial charge in [-0.3, -0.25) is 4.79 Å². The maximum absolute atomic E-state index is 13.4. The molecule has 7 heteroatoms. The summed E-state index contributed by atoms with van der Waals surface area (Å²) in [7, 11) is 1.49. The van der Waals surface area contributed by atoms with Crippen LogP contribution >= 0.6 is 0 Å². The average molecular weight is 337 g/mol. The summed E-state index contributed by atoms with van der Waals surface area (Å²) in [5, 5.41) is 2.84. The van der Waals surface area contributed by atoms with Crippen LogP contribution in [0.15, 0.2) is 18.2 Å². The first-order chi connectivity index (χ1) is 11.4. The lowest BCUT2D eigenvalue weighted by atomic mass is 10.1. The first kappa shape index (κ1) is 18.0. The molecule has 0 bridgehead atoms. The minimum absolute atomic E-state index is 0.0811. The van der Waals surface area contributed by atoms with Crippen LogP contribution in [0, 0.1) is 5.82 Å². The van der Waals surface area contributed by atoms with Crippen molar-refractivity contribution in [1.29, 1.82) is 0 Å². The molecular weight excluding hydrogens is 313 g/mol. The number of nitrogens with one attached hydrogen (secondary N) is 1. The molecule has 0 unspecified atom stereocenters. The highest BCUT2D eigenvalue weighted by molar-refractivity contribution is 5.80. The predicted molar refractivity (Wildman–Crippen MR) is 88.5 cm³/mol. The fourth-order valence-electron chi connectivity index (χ4n) is 2.66. The molecule has 132 valence electrons. The minimum atomic E-state index is -0.395. The molecule has 1 N–H and O–H groups in total. The SMILES string of the molecule is COc1ccc(F)cc1CC(=O)N1CCN(C(=O)NC(C)C)CC1. The molecule has 1 heterocycles. The number of piperazine rings is 1. The van der Waals surface area contributed by atoms with Crippen molar-refractivity contribution < 1.29 is 18.7 Å². The maximum atomic E-state index is 13.4. The number of hydrogen-bond donors (Lipinski definition) is 1. The summed E-state index contributed by atoms with van der Waals surface area (Å²) in [5.41, 5.74) is 0.530. The molecule has 6 nitrogen and oxygen atoms in total. The second kappa shape index (κ2) is 7.99. The summed E-state index contributed by atoms with van der Waals surface area (Å²) in [6.07, 6.45) is 0.0825. The Kier molecular flexibility index (Phi) is 6.00. The normalized spacial score (nSPS) is 14.7. The van der Waals surface area contributed by atoms with Gasteiger partial charge < -0.3 is 19.9 Å². The summed E-state index contributed by atoms with van der Waals surface area (Å²) in [5.74, 6) is 0.0105. The van der Waals surface area contributed by atoms with Crippen molar-refractivity contribution in [2.45, 2.75) is 26.3 Å². The summed E-state index contributed by atoms with van der Waals surface area (Å²) >= 11 is 0. The molecule has 0 saturated carbocycles. The molecule has 1 aromatic rings. The van der Waals surface area contributed by atoms with Gasteiger partial charge in [0.15, 0.2) is 0 Å². The number of benzene rings is 1. The van der Waals surface area contributed by atoms with Gasteiger partial charge >= 0.3 is 6.03 Å². The standard InChI is InChI=1S/C17H24FN3O3/c1-12(2)19-17(23)21-8-6-20(7-9-21)16(22)11-13-10-14(18)4-5-15(13)24-3/h4-5,10,12H,6-9,11H2,1-3H3,(H,19,23). The van der Waals surface area contributed by atoms with Crippen LogP contribution in [-0.2, 0) is 11.2 Å². The van der Waals surface area contributed by atoms with Gasteiger partial charge in [-0.2, -0.15) is 0 Å². The van der Waals surface area contributed by atoms with Gasteiger partial charge in [-0.05, 0) is 32.0 Å². The van der Waals surface area contributed by atoms with E-state index in [1.54, 1.807) is 9.80 Å². The van der Waals surface area contributed by atoms with Crippen LogP contribution < -0.4 is 10.1 Å². The Morgan fingerprint density at radius 3 is 2.42 bits per heavy atom. The molecule has 1 fully saturated rings. The number of methoxy groups -OCH3 is 1. The number of carbonyl (C=O) groups is 2. The van der Waals surface area contributed by atoms with Gasteiger partial charge in [-0.15, -0.1) is 0 Å². The Labute approximate surface area is 141 Å². The van der Waals surface area contributed by atoms with Gasteiger partial charge in [0.1, 0.15) is 11.6 Å². The van der Waals surface area contributed by atoms with Crippen molar-refractivity contribution >= 4 is 11.9 Å². The third-order valence-corrected chi connectivity index (χ3v) is 3.92. The average Bonchev–Trinajstić information content (AvgIpc) is 2.54. The molecule has 2 rings (SSSR count). The van der Waals surface area contributed by atoms with Crippen LogP contribution in [0.5, 0.6) is 5.75 Å². The highest BCUT2D eigenvalue weighted by Gasteiger charge is 2.25. The van der Waals surface area contributed by atoms with Gasteiger partial charge in [0.05, 0.1) is 13.5 Å². The van der Waals surface area contributed by atoms with Crippen molar-refractivity contribution in [1.82, 2.24) is 15.1 Å². The number of hydrogen-bond acceptors (Lipinski definition) is 3. The molecule has 1 aromatic carbocycles. The Morgan fingerprint density at radius 1 is 1.21 bits per heavy atom. The number of nitrogens with zero attached hydrogens (tertiary/aromatic N) is 2. The third-order valence-electron chi connectivity index (χ3n) is 3.92. The fraction of sp³-hybridized carbons (Fsp3) is 0.529. The van der Waals surface area contributed by atoms with Crippen LogP contribution in [0.4, 0.5) is 9.18 Å². The number of urea groups is 1. The molecule has 0 spiro atoms. The molecule has 0 aliphatic carbocycles. The Morgan fingerprint density at radius 2 is 1.83 bits per heavy atom. The van der Waals surface area contributed by atoms with Crippen LogP contribution in [0.3, 0.4) is 0 Å². The second-order valence-electron chi connectivity index (χ2n) is 6.10. The molecule has 1 aliphatic heterocycles. The Bertz CT molecular complexity index is 599. The lowest BCUT2D eigenvalue weighted by Gasteiger charge is -2.35. The summed E-state index contributed by atoms with van der Waals surface area (Å²) < 4.78 is 18.6. The summed E-state index contributed by atoms with van der Waals surface area (Å²) in [4.78, 5) is 27.8. The van der Waals surface area contributed by atoms with E-state index in [4.69, 9.17) is 4.74 Å². The number of halogens is 1. The largest absolute Gasteiger partial charge is 0.496 e. The van der Waals surface area contributed by atoms with E-state index >= 15 is 0 Å². The van der Waals surface area contributed by atoms with Gasteiger partial charge in [0.2, 0.25) is 5.91 Å². The second-order valence-corrected chi connectivity index (χ2v) is 6.10. The van der Waals surface area contributed by atoms with E-state index in [1.165, 1.54) is 25.3 Å². The Balaban J connectivity index is 1.91. The zero-order valence-corrected chi connectivity index (χ0v) is 14.3. The number of ether oxygens (including phenoxy) is 1. The molecular formula is C17H24FN3O3. The fourth-order valence-corrected chi connectivity index (χ4v) is 2.66. The highest BCUT2D eigenvalue weighted by atomic mass is 19.1. The zero-order valence-electron chi connectivity index (χ0n) is 14.3. The molecule has 0 aromatic heterocycles. The lowest BCUT2D eigenvalue weighted by Crippen LogP contribution is -2.54. The van der Waals surface area contributed by atoms with Crippen LogP contribution in [0.1, 0.15) is 19.4 Å². The third kappa shape index (κ3) is 4.59. The molecule has 24 heavy (non-hydrogen) atoms. The first-order valence-corrected chi connectivity index (χ1v) is 8.06. The van der Waals surface area contributed by atoms with E-state index in [9.17, 15) is 14.0 Å².